The lowest BCUT2D eigenvalue weighted by Gasteiger charge is -2.37. The first kappa shape index (κ1) is 28.2. The Morgan fingerprint density at radius 2 is 1.73 bits per heavy atom. The van der Waals surface area contributed by atoms with Gasteiger partial charge < -0.3 is 30.3 Å². The molecule has 1 saturated carbocycles. The number of thiophene rings is 1. The molecule has 3 N–H and O–H groups in total. The summed E-state index contributed by atoms with van der Waals surface area (Å²) < 4.78 is 5.60. The lowest BCUT2D eigenvalue weighted by Crippen LogP contribution is -2.49. The molecular weight excluding hydrogens is 544 g/mol. The number of carbonyl (C=O) groups is 4. The van der Waals surface area contributed by atoms with Gasteiger partial charge in [-0.05, 0) is 54.6 Å². The molecule has 10 nitrogen and oxygen atoms in total. The lowest BCUT2D eigenvalue weighted by molar-refractivity contribution is -0.137. The zero-order chi connectivity index (χ0) is 28.8. The zero-order valence-electron chi connectivity index (χ0n) is 22.5. The Morgan fingerprint density at radius 1 is 0.976 bits per heavy atom. The average molecular weight is 577 g/mol. The molecule has 41 heavy (non-hydrogen) atoms. The van der Waals surface area contributed by atoms with E-state index in [9.17, 15) is 24.3 Å². The van der Waals surface area contributed by atoms with Crippen molar-refractivity contribution in [1.82, 2.24) is 10.2 Å². The van der Waals surface area contributed by atoms with Crippen molar-refractivity contribution in [3.8, 4) is 5.75 Å². The average Bonchev–Trinajstić information content (AvgIpc) is 3.69. The summed E-state index contributed by atoms with van der Waals surface area (Å²) in [4.78, 5) is 54.9. The van der Waals surface area contributed by atoms with Crippen molar-refractivity contribution >= 4 is 46.4 Å². The summed E-state index contributed by atoms with van der Waals surface area (Å²) in [7, 11) is 0. The zero-order valence-corrected chi connectivity index (χ0v) is 23.3. The van der Waals surface area contributed by atoms with Crippen LogP contribution in [-0.2, 0) is 14.4 Å². The van der Waals surface area contributed by atoms with Crippen molar-refractivity contribution in [3.05, 3.63) is 76.5 Å². The van der Waals surface area contributed by atoms with Gasteiger partial charge in [0, 0.05) is 42.5 Å². The number of hydrogen-bond acceptors (Lipinski definition) is 7. The molecule has 0 spiro atoms. The van der Waals surface area contributed by atoms with Gasteiger partial charge in [-0.25, -0.2) is 0 Å². The van der Waals surface area contributed by atoms with Crippen LogP contribution in [0.25, 0.3) is 0 Å². The number of benzene rings is 2. The fourth-order valence-corrected chi connectivity index (χ4v) is 5.57. The highest BCUT2D eigenvalue weighted by Gasteiger charge is 2.35. The number of ether oxygens (including phenoxy) is 1. The number of carbonyl (C=O) groups excluding carboxylic acids is 3. The van der Waals surface area contributed by atoms with Gasteiger partial charge >= 0.3 is 5.97 Å². The number of amides is 3. The first-order valence-electron chi connectivity index (χ1n) is 13.6. The number of rotatable bonds is 11. The molecule has 1 aliphatic carbocycles. The number of carboxylic acid groups (broad SMARTS) is 1. The smallest absolute Gasteiger partial charge is 0.305 e. The summed E-state index contributed by atoms with van der Waals surface area (Å²) in [5.74, 6) is -0.928. The molecule has 1 aliphatic heterocycles. The Kier molecular flexibility index (Phi) is 8.83. The van der Waals surface area contributed by atoms with Crippen LogP contribution in [0.1, 0.15) is 40.5 Å². The predicted octanol–water partition coefficient (Wildman–Crippen LogP) is 3.77. The monoisotopic (exact) mass is 576 g/mol. The number of nitrogens with zero attached hydrogens (tertiary/aromatic N) is 2. The molecule has 1 saturated heterocycles. The SMILES string of the molecule is O=C(O)CC(NC(=O)c1ccc(N2CCN(C(=O)C3CC3)CC2)c(NC(=O)COc2ccccc2)c1)c1cccs1. The molecule has 0 radical (unpaired) electrons. The number of anilines is 2. The minimum absolute atomic E-state index is 0.165. The van der Waals surface area contributed by atoms with Crippen LogP contribution in [0.3, 0.4) is 0 Å². The van der Waals surface area contributed by atoms with Crippen LogP contribution < -0.4 is 20.3 Å². The molecule has 1 atom stereocenters. The summed E-state index contributed by atoms with van der Waals surface area (Å²) in [5, 5.41) is 16.9. The van der Waals surface area contributed by atoms with Crippen molar-refractivity contribution in [3.63, 3.8) is 0 Å². The number of carboxylic acids is 1. The minimum Gasteiger partial charge on any atom is -0.484 e. The summed E-state index contributed by atoms with van der Waals surface area (Å²) in [6.45, 7) is 2.13. The van der Waals surface area contributed by atoms with E-state index in [0.29, 0.717) is 37.6 Å². The fraction of sp³-hybridized carbons (Fsp3) is 0.333. The maximum absolute atomic E-state index is 13.3. The quantitative estimate of drug-likeness (QED) is 0.317. The molecule has 2 aromatic carbocycles. The van der Waals surface area contributed by atoms with Gasteiger partial charge in [-0.15, -0.1) is 11.3 Å². The number of para-hydroxylation sites is 1. The van der Waals surface area contributed by atoms with Crippen molar-refractivity contribution in [2.24, 2.45) is 5.92 Å². The molecule has 2 fully saturated rings. The molecule has 11 heteroatoms. The molecule has 3 amide bonds. The van der Waals surface area contributed by atoms with Crippen LogP contribution in [0.15, 0.2) is 66.0 Å². The van der Waals surface area contributed by atoms with Gasteiger partial charge in [-0.1, -0.05) is 24.3 Å². The lowest BCUT2D eigenvalue weighted by atomic mass is 10.1. The number of nitrogens with one attached hydrogen (secondary N) is 2. The van der Waals surface area contributed by atoms with Gasteiger partial charge in [-0.3, -0.25) is 19.2 Å². The van der Waals surface area contributed by atoms with E-state index in [1.165, 1.54) is 11.3 Å². The van der Waals surface area contributed by atoms with Crippen LogP contribution in [0.4, 0.5) is 11.4 Å². The van der Waals surface area contributed by atoms with E-state index in [4.69, 9.17) is 4.74 Å². The highest BCUT2D eigenvalue weighted by atomic mass is 32.1. The van der Waals surface area contributed by atoms with E-state index < -0.39 is 23.8 Å². The van der Waals surface area contributed by atoms with Crippen molar-refractivity contribution in [1.29, 1.82) is 0 Å². The summed E-state index contributed by atoms with van der Waals surface area (Å²) in [6.07, 6.45) is 1.67. The second kappa shape index (κ2) is 12.9. The Hall–Kier alpha value is -4.38. The van der Waals surface area contributed by atoms with E-state index in [1.54, 1.807) is 42.5 Å². The Bertz CT molecular complexity index is 1390. The molecule has 2 aliphatic rings. The minimum atomic E-state index is -1.02. The Balaban J connectivity index is 1.33. The molecule has 2 heterocycles. The molecule has 1 unspecified atom stereocenters. The number of piperazine rings is 1. The van der Waals surface area contributed by atoms with Crippen LogP contribution >= 0.6 is 11.3 Å². The highest BCUT2D eigenvalue weighted by Crippen LogP contribution is 2.33. The third-order valence-electron chi connectivity index (χ3n) is 7.08. The van der Waals surface area contributed by atoms with E-state index in [1.807, 2.05) is 28.5 Å². The third-order valence-corrected chi connectivity index (χ3v) is 8.06. The van der Waals surface area contributed by atoms with Gasteiger partial charge in [-0.2, -0.15) is 0 Å². The van der Waals surface area contributed by atoms with Crippen molar-refractivity contribution in [2.45, 2.75) is 25.3 Å². The Morgan fingerprint density at radius 3 is 2.39 bits per heavy atom. The largest absolute Gasteiger partial charge is 0.484 e. The van der Waals surface area contributed by atoms with E-state index in [2.05, 4.69) is 15.5 Å². The van der Waals surface area contributed by atoms with Gasteiger partial charge in [0.2, 0.25) is 5.91 Å². The van der Waals surface area contributed by atoms with E-state index >= 15 is 0 Å². The number of hydrogen-bond donors (Lipinski definition) is 3. The number of aliphatic carboxylic acids is 1. The standard InChI is InChI=1S/C30H32N4O6S/c35-27(19-40-22-5-2-1-3-6-22)31-23-17-21(29(38)32-24(18-28(36)37)26-7-4-16-41-26)10-11-25(23)33-12-14-34(15-13-33)30(39)20-8-9-20/h1-7,10-11,16-17,20,24H,8-9,12-15,18-19H2,(H,31,35)(H,32,38)(H,36,37). The maximum Gasteiger partial charge on any atom is 0.305 e. The van der Waals surface area contributed by atoms with Gasteiger partial charge in [0.1, 0.15) is 5.75 Å². The highest BCUT2D eigenvalue weighted by molar-refractivity contribution is 7.10. The third kappa shape index (κ3) is 7.43. The second-order valence-corrected chi connectivity index (χ2v) is 11.1. The summed E-state index contributed by atoms with van der Waals surface area (Å²) >= 11 is 1.37. The summed E-state index contributed by atoms with van der Waals surface area (Å²) in [5.41, 5.74) is 1.45. The first-order valence-corrected chi connectivity index (χ1v) is 14.5. The predicted molar refractivity (Wildman–Crippen MR) is 155 cm³/mol. The maximum atomic E-state index is 13.3. The molecule has 214 valence electrons. The Labute approximate surface area is 241 Å². The normalized spacial score (nSPS) is 15.6. The van der Waals surface area contributed by atoms with E-state index in [0.717, 1.165) is 23.4 Å². The van der Waals surface area contributed by atoms with Crippen LogP contribution in [-0.4, -0.2) is 66.5 Å². The molecule has 3 aromatic rings. The molecule has 5 rings (SSSR count). The van der Waals surface area contributed by atoms with Gasteiger partial charge in [0.05, 0.1) is 23.8 Å². The van der Waals surface area contributed by atoms with Gasteiger partial charge in [0.25, 0.3) is 11.8 Å². The first-order chi connectivity index (χ1) is 19.9. The van der Waals surface area contributed by atoms with Crippen molar-refractivity contribution in [2.75, 3.05) is 43.0 Å². The second-order valence-electron chi connectivity index (χ2n) is 10.1. The molecular formula is C30H32N4O6S. The van der Waals surface area contributed by atoms with Crippen LogP contribution in [0, 0.1) is 5.92 Å². The molecule has 0 bridgehead atoms. The van der Waals surface area contributed by atoms with Crippen LogP contribution in [0.2, 0.25) is 0 Å². The van der Waals surface area contributed by atoms with Gasteiger partial charge in [0.15, 0.2) is 6.61 Å². The van der Waals surface area contributed by atoms with Crippen molar-refractivity contribution < 1.29 is 29.0 Å². The van der Waals surface area contributed by atoms with Crippen LogP contribution in [0.5, 0.6) is 5.75 Å². The topological polar surface area (TPSA) is 128 Å². The summed E-state index contributed by atoms with van der Waals surface area (Å²) in [6, 6.07) is 16.9. The molecule has 1 aromatic heterocycles. The fourth-order valence-electron chi connectivity index (χ4n) is 4.79. The van der Waals surface area contributed by atoms with E-state index in [-0.39, 0.29) is 30.4 Å².